The highest BCUT2D eigenvalue weighted by Gasteiger charge is 2.82. The van der Waals surface area contributed by atoms with E-state index < -0.39 is 21.8 Å². The maximum absolute atomic E-state index is 14.4. The number of nitrogens with zero attached hydrogens (tertiary/aromatic N) is 1. The van der Waals surface area contributed by atoms with Crippen molar-refractivity contribution in [3.05, 3.63) is 51.3 Å². The fraction of sp³-hybridized carbons (Fsp3) is 0.308. The first-order chi connectivity index (χ1) is 9.77. The highest BCUT2D eigenvalue weighted by atomic mass is 35.5. The second-order valence-electron chi connectivity index (χ2n) is 5.77. The second-order valence-corrected chi connectivity index (χ2v) is 6.59. The largest absolute Gasteiger partial charge is 0.337 e. The summed E-state index contributed by atoms with van der Waals surface area (Å²) < 4.78 is 16.7. The first-order valence-electron chi connectivity index (χ1n) is 6.38. The van der Waals surface area contributed by atoms with Gasteiger partial charge in [0, 0.05) is 28.9 Å². The van der Waals surface area contributed by atoms with Gasteiger partial charge in [0.15, 0.2) is 4.77 Å². The van der Waals surface area contributed by atoms with E-state index in [4.69, 9.17) is 47.4 Å². The van der Waals surface area contributed by atoms with E-state index >= 15 is 0 Å². The molecule has 2 nitrogen and oxygen atoms in total. The smallest absolute Gasteiger partial charge is 0.177 e. The molecule has 8 heteroatoms. The lowest BCUT2D eigenvalue weighted by molar-refractivity contribution is 0.520. The predicted molar refractivity (Wildman–Crippen MR) is 84.3 cm³/mol. The number of imidazole rings is 1. The number of halogens is 2. The van der Waals surface area contributed by atoms with Gasteiger partial charge in [-0.1, -0.05) is 16.8 Å². The van der Waals surface area contributed by atoms with Gasteiger partial charge < -0.3 is 9.55 Å². The molecule has 98 valence electrons. The summed E-state index contributed by atoms with van der Waals surface area (Å²) in [6.07, 6.45) is 1.69. The third-order valence-corrected chi connectivity index (χ3v) is 5.60. The quantitative estimate of drug-likeness (QED) is 0.632. The number of aromatic amines is 1. The zero-order valence-electron chi connectivity index (χ0n) is 10.9. The lowest BCUT2D eigenvalue weighted by atomic mass is 9.54. The average Bonchev–Trinajstić information content (AvgIpc) is 2.77. The van der Waals surface area contributed by atoms with Crippen LogP contribution in [0.15, 0.2) is 24.4 Å². The van der Waals surface area contributed by atoms with Gasteiger partial charge in [-0.05, 0) is 41.3 Å². The lowest BCUT2D eigenvalue weighted by Crippen LogP contribution is -2.22. The standard InChI is InChI=1S/C13H7B3ClFN2S/c14-12-9-4-19-10(21)20(9)5-11(12,13(12,15)16)7-3-6(17)1-2-8(7)18/h1-4H,5H2,(H,19,21). The first kappa shape index (κ1) is 13.7. The van der Waals surface area contributed by atoms with Crippen LogP contribution in [0.3, 0.4) is 0 Å². The van der Waals surface area contributed by atoms with Gasteiger partial charge in [-0.25, -0.2) is 4.39 Å². The van der Waals surface area contributed by atoms with Crippen LogP contribution in [0.25, 0.3) is 0 Å². The van der Waals surface area contributed by atoms with Crippen LogP contribution in [-0.2, 0) is 17.3 Å². The average molecular weight is 310 g/mol. The lowest BCUT2D eigenvalue weighted by Gasteiger charge is -2.22. The van der Waals surface area contributed by atoms with E-state index in [-0.39, 0.29) is 0 Å². The molecule has 2 aliphatic rings. The normalized spacial score (nSPS) is 31.7. The summed E-state index contributed by atoms with van der Waals surface area (Å²) in [6.45, 7) is 0.325. The summed E-state index contributed by atoms with van der Waals surface area (Å²) in [5.41, 5.74) is 0.0740. The molecule has 0 bridgehead atoms. The van der Waals surface area contributed by atoms with Crippen molar-refractivity contribution in [2.24, 2.45) is 0 Å². The van der Waals surface area contributed by atoms with Gasteiger partial charge in [0.1, 0.15) is 5.82 Å². The Kier molecular flexibility index (Phi) is 2.41. The number of rotatable bonds is 1. The van der Waals surface area contributed by atoms with Crippen LogP contribution in [0.4, 0.5) is 4.39 Å². The van der Waals surface area contributed by atoms with Gasteiger partial charge in [-0.3, -0.25) is 0 Å². The number of hydrogen-bond acceptors (Lipinski definition) is 1. The Morgan fingerprint density at radius 2 is 2.05 bits per heavy atom. The van der Waals surface area contributed by atoms with Crippen LogP contribution in [0, 0.1) is 10.6 Å². The van der Waals surface area contributed by atoms with Crippen LogP contribution >= 0.6 is 23.8 Å². The molecule has 2 heterocycles. The molecule has 0 amide bonds. The van der Waals surface area contributed by atoms with E-state index in [1.807, 2.05) is 4.57 Å². The molecule has 6 radical (unpaired) electrons. The van der Waals surface area contributed by atoms with Gasteiger partial charge in [0.25, 0.3) is 0 Å². The number of fused-ring (bicyclic) bond motifs is 3. The van der Waals surface area contributed by atoms with E-state index in [0.29, 0.717) is 27.6 Å². The Bertz CT molecular complexity index is 848. The van der Waals surface area contributed by atoms with Crippen LogP contribution < -0.4 is 0 Å². The van der Waals surface area contributed by atoms with Crippen molar-refractivity contribution in [3.63, 3.8) is 0 Å². The molecule has 1 fully saturated rings. The molecule has 1 aliphatic carbocycles. The summed E-state index contributed by atoms with van der Waals surface area (Å²) in [6, 6.07) is 4.32. The van der Waals surface area contributed by atoms with Gasteiger partial charge in [-0.15, -0.1) is 0 Å². The van der Waals surface area contributed by atoms with Crippen molar-refractivity contribution < 1.29 is 4.39 Å². The van der Waals surface area contributed by atoms with Crippen molar-refractivity contribution in [2.45, 2.75) is 22.5 Å². The highest BCUT2D eigenvalue weighted by Crippen LogP contribution is 2.82. The van der Waals surface area contributed by atoms with Crippen molar-refractivity contribution in [3.8, 4) is 0 Å². The van der Waals surface area contributed by atoms with E-state index in [9.17, 15) is 4.39 Å². The maximum Gasteiger partial charge on any atom is 0.177 e. The number of hydrogen-bond donors (Lipinski definition) is 1. The van der Waals surface area contributed by atoms with Crippen molar-refractivity contribution in [2.75, 3.05) is 0 Å². The topological polar surface area (TPSA) is 20.7 Å². The van der Waals surface area contributed by atoms with E-state index in [2.05, 4.69) is 4.98 Å². The van der Waals surface area contributed by atoms with Crippen molar-refractivity contribution in [1.82, 2.24) is 9.55 Å². The summed E-state index contributed by atoms with van der Waals surface area (Å²) in [5, 5.41) is -1.94. The SMILES string of the molecule is [B]C1([B])C2([B])c3c[nH]c(=S)n3CC12c1cc(Cl)ccc1F. The van der Waals surface area contributed by atoms with E-state index in [1.165, 1.54) is 12.1 Å². The Labute approximate surface area is 135 Å². The minimum Gasteiger partial charge on any atom is -0.337 e. The highest BCUT2D eigenvalue weighted by molar-refractivity contribution is 7.71. The number of H-pyrrole nitrogens is 1. The monoisotopic (exact) mass is 310 g/mol. The van der Waals surface area contributed by atoms with Crippen LogP contribution in [0.2, 0.25) is 10.2 Å². The van der Waals surface area contributed by atoms with Crippen molar-refractivity contribution in [1.29, 1.82) is 0 Å². The molecular weight excluding hydrogens is 303 g/mol. The second kappa shape index (κ2) is 3.69. The predicted octanol–water partition coefficient (Wildman–Crippen LogP) is 2.12. The van der Waals surface area contributed by atoms with Gasteiger partial charge in [-0.2, -0.15) is 0 Å². The molecule has 4 rings (SSSR count). The number of aromatic nitrogens is 2. The molecule has 1 aromatic carbocycles. The molecular formula is C13H7B3ClFN2S. The minimum atomic E-state index is -1.27. The molecule has 1 aliphatic heterocycles. The molecule has 2 unspecified atom stereocenters. The Balaban J connectivity index is 2.02. The zero-order valence-corrected chi connectivity index (χ0v) is 12.4. The van der Waals surface area contributed by atoms with Crippen LogP contribution in [0.1, 0.15) is 11.3 Å². The fourth-order valence-corrected chi connectivity index (χ4v) is 4.25. The Morgan fingerprint density at radius 1 is 1.33 bits per heavy atom. The van der Waals surface area contributed by atoms with Crippen molar-refractivity contribution >= 4 is 47.4 Å². The van der Waals surface area contributed by atoms with Crippen LogP contribution in [0.5, 0.6) is 0 Å². The zero-order chi connectivity index (χ0) is 15.2. The number of nitrogens with one attached hydrogen (secondary N) is 1. The molecule has 1 aromatic heterocycles. The minimum absolute atomic E-state index is 0.325. The third-order valence-electron chi connectivity index (χ3n) is 5.03. The van der Waals surface area contributed by atoms with E-state index in [1.54, 1.807) is 12.3 Å². The molecule has 0 saturated heterocycles. The molecule has 21 heavy (non-hydrogen) atoms. The maximum atomic E-state index is 14.4. The Hall–Kier alpha value is -0.935. The van der Waals surface area contributed by atoms with E-state index in [0.717, 1.165) is 0 Å². The molecule has 1 saturated carbocycles. The summed E-state index contributed by atoms with van der Waals surface area (Å²) in [4.78, 5) is 2.92. The summed E-state index contributed by atoms with van der Waals surface area (Å²) in [5.74, 6) is -0.423. The molecule has 2 aromatic rings. The van der Waals surface area contributed by atoms with Gasteiger partial charge in [0.05, 0.1) is 23.5 Å². The first-order valence-corrected chi connectivity index (χ1v) is 7.17. The molecule has 1 N–H and O–H groups in total. The van der Waals surface area contributed by atoms with Gasteiger partial charge >= 0.3 is 0 Å². The number of benzene rings is 1. The molecule has 2 atom stereocenters. The van der Waals surface area contributed by atoms with Crippen LogP contribution in [-0.4, -0.2) is 33.1 Å². The fourth-order valence-electron chi connectivity index (χ4n) is 3.85. The Morgan fingerprint density at radius 3 is 2.76 bits per heavy atom. The summed E-state index contributed by atoms with van der Waals surface area (Å²) >= 11 is 11.2. The summed E-state index contributed by atoms with van der Waals surface area (Å²) in [7, 11) is 19.0. The third kappa shape index (κ3) is 1.23. The van der Waals surface area contributed by atoms with Gasteiger partial charge in [0.2, 0.25) is 0 Å². The molecule has 0 spiro atoms.